The molecule has 0 heterocycles. The maximum absolute atomic E-state index is 6.88. The standard InChI is InChI=1S/C102H162O6/c1-7-13-19-25-31-37-43-49-55-65-79-103-97-85-89(86-98(104-80-66-56-50-44-38-32-26-20-14-8-2)101(97)107-83-69-59-53-47-41-35-29-23-17-11-5)75-77-95-91-71-61-63-73-93(91)96(94-74-64-62-72-92(94)95)78-76-90-87-99(105-81-67-57-51-45-39-33-27-21-15-9-3)102(108-84-70-60-54-48-42-36-30-24-18-12-6)100(88-90)106-82-68-58-52-46-40-34-28-22-16-10-4/h61-64,71-74,85-88H,7-60,65-70,79-84H2,1-6H3. The SMILES string of the molecule is CCCCCCCCCCCCOc1cc(C#Cc2c3ccccc3c(C#Cc3cc(OCCCCCCCCCCCC)c(OCCCCCCCCCCCC)c(OCCCCCCCCCCCC)c3)c3ccccc23)cc(OCCCCCCCCCCCC)c1OCCCCCCCCCCCC. The molecule has 606 valence electrons. The van der Waals surface area contributed by atoms with Gasteiger partial charge < -0.3 is 28.4 Å². The zero-order valence-corrected chi connectivity index (χ0v) is 71.0. The van der Waals surface area contributed by atoms with Gasteiger partial charge in [0.15, 0.2) is 23.0 Å². The van der Waals surface area contributed by atoms with Crippen molar-refractivity contribution in [1.29, 1.82) is 0 Å². The van der Waals surface area contributed by atoms with E-state index < -0.39 is 0 Å². The summed E-state index contributed by atoms with van der Waals surface area (Å²) in [5.74, 6) is 19.5. The highest BCUT2D eigenvalue weighted by Crippen LogP contribution is 2.42. The van der Waals surface area contributed by atoms with E-state index in [1.54, 1.807) is 0 Å². The van der Waals surface area contributed by atoms with Crippen LogP contribution >= 0.6 is 0 Å². The summed E-state index contributed by atoms with van der Waals surface area (Å²) in [5, 5.41) is 4.32. The molecule has 0 N–H and O–H groups in total. The second kappa shape index (κ2) is 66.2. The average molecular weight is 1480 g/mol. The third kappa shape index (κ3) is 42.8. The molecule has 0 saturated heterocycles. The molecule has 0 radical (unpaired) electrons. The molecule has 0 unspecified atom stereocenters. The second-order valence-corrected chi connectivity index (χ2v) is 32.1. The lowest BCUT2D eigenvalue weighted by Gasteiger charge is -2.18. The predicted molar refractivity (Wildman–Crippen MR) is 470 cm³/mol. The van der Waals surface area contributed by atoms with Gasteiger partial charge in [-0.3, -0.25) is 0 Å². The van der Waals surface area contributed by atoms with E-state index in [2.05, 4.69) is 138 Å². The van der Waals surface area contributed by atoms with Crippen molar-refractivity contribution in [2.75, 3.05) is 39.6 Å². The van der Waals surface area contributed by atoms with Crippen molar-refractivity contribution in [2.45, 2.75) is 427 Å². The van der Waals surface area contributed by atoms with Gasteiger partial charge in [-0.25, -0.2) is 0 Å². The molecule has 0 bridgehead atoms. The summed E-state index contributed by atoms with van der Waals surface area (Å²) in [5.41, 5.74) is 3.70. The molecule has 0 aliphatic heterocycles. The number of hydrogen-bond acceptors (Lipinski definition) is 6. The van der Waals surface area contributed by atoms with E-state index in [1.807, 2.05) is 0 Å². The fourth-order valence-corrected chi connectivity index (χ4v) is 15.3. The van der Waals surface area contributed by atoms with Crippen LogP contribution in [0.25, 0.3) is 21.5 Å². The Morgan fingerprint density at radius 1 is 0.185 bits per heavy atom. The molecule has 5 aromatic rings. The van der Waals surface area contributed by atoms with Crippen molar-refractivity contribution in [1.82, 2.24) is 0 Å². The monoisotopic (exact) mass is 1480 g/mol. The van der Waals surface area contributed by atoms with Crippen LogP contribution in [0.5, 0.6) is 34.5 Å². The van der Waals surface area contributed by atoms with Crippen molar-refractivity contribution in [2.24, 2.45) is 0 Å². The first-order chi connectivity index (χ1) is 53.6. The van der Waals surface area contributed by atoms with Gasteiger partial charge in [0.05, 0.1) is 39.6 Å². The van der Waals surface area contributed by atoms with E-state index in [0.29, 0.717) is 39.6 Å². The Morgan fingerprint density at radius 3 is 0.519 bits per heavy atom. The lowest BCUT2D eigenvalue weighted by molar-refractivity contribution is 0.234. The van der Waals surface area contributed by atoms with Gasteiger partial charge in [0.1, 0.15) is 0 Å². The smallest absolute Gasteiger partial charge is 0.203 e. The van der Waals surface area contributed by atoms with Crippen LogP contribution < -0.4 is 28.4 Å². The first kappa shape index (κ1) is 93.1. The zero-order valence-electron chi connectivity index (χ0n) is 71.0. The third-order valence-electron chi connectivity index (χ3n) is 22.1. The quantitative estimate of drug-likeness (QED) is 0.0220. The van der Waals surface area contributed by atoms with Crippen LogP contribution in [0.15, 0.2) is 72.8 Å². The summed E-state index contributed by atoms with van der Waals surface area (Å²) in [6.45, 7) is 17.6. The van der Waals surface area contributed by atoms with Crippen molar-refractivity contribution in [3.8, 4) is 58.2 Å². The third-order valence-corrected chi connectivity index (χ3v) is 22.1. The van der Waals surface area contributed by atoms with Gasteiger partial charge in [0.25, 0.3) is 0 Å². The van der Waals surface area contributed by atoms with Gasteiger partial charge in [0, 0.05) is 22.3 Å². The highest BCUT2D eigenvalue weighted by atomic mass is 16.5. The molecule has 6 heteroatoms. The largest absolute Gasteiger partial charge is 0.490 e. The minimum absolute atomic E-state index is 0.635. The maximum Gasteiger partial charge on any atom is 0.203 e. The van der Waals surface area contributed by atoms with Crippen LogP contribution in [0.1, 0.15) is 449 Å². The van der Waals surface area contributed by atoms with E-state index in [1.165, 1.54) is 321 Å². The van der Waals surface area contributed by atoms with E-state index in [4.69, 9.17) is 28.4 Å². The van der Waals surface area contributed by atoms with Crippen molar-refractivity contribution in [3.05, 3.63) is 95.1 Å². The zero-order chi connectivity index (χ0) is 76.3. The molecule has 0 aliphatic carbocycles. The maximum atomic E-state index is 6.88. The Morgan fingerprint density at radius 2 is 0.343 bits per heavy atom. The van der Waals surface area contributed by atoms with E-state index in [0.717, 1.165) is 143 Å². The Labute approximate surface area is 665 Å². The molecule has 0 amide bonds. The number of fused-ring (bicyclic) bond motifs is 2. The average Bonchev–Trinajstić information content (AvgIpc) is 0.752. The number of unbranched alkanes of at least 4 members (excludes halogenated alkanes) is 54. The summed E-state index contributed by atoms with van der Waals surface area (Å²) in [4.78, 5) is 0. The summed E-state index contributed by atoms with van der Waals surface area (Å²) in [7, 11) is 0. The van der Waals surface area contributed by atoms with Crippen molar-refractivity contribution < 1.29 is 28.4 Å². The van der Waals surface area contributed by atoms with Gasteiger partial charge in [-0.1, -0.05) is 460 Å². The molecule has 6 nitrogen and oxygen atoms in total. The molecule has 5 aromatic carbocycles. The van der Waals surface area contributed by atoms with Crippen molar-refractivity contribution >= 4 is 21.5 Å². The Kier molecular flexibility index (Phi) is 57.1. The van der Waals surface area contributed by atoms with Gasteiger partial charge in [0.2, 0.25) is 11.5 Å². The molecule has 0 saturated carbocycles. The van der Waals surface area contributed by atoms with Crippen LogP contribution in [0.4, 0.5) is 0 Å². The van der Waals surface area contributed by atoms with Gasteiger partial charge in [-0.05, 0) is 84.3 Å². The van der Waals surface area contributed by atoms with E-state index in [-0.39, 0.29) is 0 Å². The number of rotatable bonds is 72. The summed E-state index contributed by atoms with van der Waals surface area (Å²) >= 11 is 0. The van der Waals surface area contributed by atoms with E-state index >= 15 is 0 Å². The van der Waals surface area contributed by atoms with Crippen LogP contribution in [0.3, 0.4) is 0 Å². The molecule has 108 heavy (non-hydrogen) atoms. The minimum atomic E-state index is 0.635. The molecule has 5 rings (SSSR count). The number of hydrogen-bond donors (Lipinski definition) is 0. The van der Waals surface area contributed by atoms with Gasteiger partial charge in [-0.15, -0.1) is 0 Å². The van der Waals surface area contributed by atoms with Crippen LogP contribution in [-0.2, 0) is 0 Å². The van der Waals surface area contributed by atoms with Crippen LogP contribution in [0, 0.1) is 23.7 Å². The normalized spacial score (nSPS) is 11.3. The molecule has 0 atom stereocenters. The van der Waals surface area contributed by atoms with E-state index in [9.17, 15) is 0 Å². The number of ether oxygens (including phenoxy) is 6. The Balaban J connectivity index is 1.50. The van der Waals surface area contributed by atoms with Gasteiger partial charge in [-0.2, -0.15) is 0 Å². The topological polar surface area (TPSA) is 55.4 Å². The lowest BCUT2D eigenvalue weighted by atomic mass is 9.92. The Hall–Kier alpha value is -5.46. The van der Waals surface area contributed by atoms with Gasteiger partial charge >= 0.3 is 0 Å². The fourth-order valence-electron chi connectivity index (χ4n) is 15.3. The summed E-state index contributed by atoms with van der Waals surface area (Å²) in [6, 6.07) is 26.0. The van der Waals surface area contributed by atoms with Crippen LogP contribution in [-0.4, -0.2) is 39.6 Å². The molecule has 0 fully saturated rings. The fraction of sp³-hybridized carbons (Fsp3) is 0.706. The van der Waals surface area contributed by atoms with Crippen LogP contribution in [0.2, 0.25) is 0 Å². The molecule has 0 aromatic heterocycles. The predicted octanol–water partition coefficient (Wildman–Crippen LogP) is 32.6. The lowest BCUT2D eigenvalue weighted by Crippen LogP contribution is -2.07. The molecular formula is C102H162O6. The highest BCUT2D eigenvalue weighted by molar-refractivity contribution is 6.09. The molecular weight excluding hydrogens is 1320 g/mol. The van der Waals surface area contributed by atoms with Crippen molar-refractivity contribution in [3.63, 3.8) is 0 Å². The highest BCUT2D eigenvalue weighted by Gasteiger charge is 2.20. The number of benzene rings is 5. The molecule has 0 aliphatic rings. The summed E-state index contributed by atoms with van der Waals surface area (Å²) < 4.78 is 41.3. The first-order valence-electron chi connectivity index (χ1n) is 46.7. The first-order valence-corrected chi connectivity index (χ1v) is 46.7. The Bertz CT molecular complexity index is 2740. The molecule has 0 spiro atoms. The minimum Gasteiger partial charge on any atom is -0.490 e. The summed E-state index contributed by atoms with van der Waals surface area (Å²) in [6.07, 6.45) is 76.9. The second-order valence-electron chi connectivity index (χ2n) is 32.1.